The summed E-state index contributed by atoms with van der Waals surface area (Å²) in [5, 5.41) is 0. The van der Waals surface area contributed by atoms with Crippen molar-refractivity contribution < 1.29 is 9.47 Å². The minimum Gasteiger partial charge on any atom is -0.496 e. The van der Waals surface area contributed by atoms with Gasteiger partial charge in [-0.25, -0.2) is 0 Å². The Morgan fingerprint density at radius 3 is 2.35 bits per heavy atom. The van der Waals surface area contributed by atoms with E-state index in [1.54, 1.807) is 7.11 Å². The molecule has 3 aromatic carbocycles. The van der Waals surface area contributed by atoms with Crippen molar-refractivity contribution in [2.45, 2.75) is 25.9 Å². The van der Waals surface area contributed by atoms with Crippen LogP contribution in [0.1, 0.15) is 27.8 Å². The molecule has 0 spiro atoms. The molecule has 2 nitrogen and oxygen atoms in total. The van der Waals surface area contributed by atoms with Gasteiger partial charge in [0.15, 0.2) is 0 Å². The average molecular weight is 409 g/mol. The molecule has 1 aliphatic carbocycles. The zero-order valence-electron chi connectivity index (χ0n) is 14.8. The van der Waals surface area contributed by atoms with Gasteiger partial charge in [-0.2, -0.15) is 0 Å². The van der Waals surface area contributed by atoms with Crippen LogP contribution in [0.3, 0.4) is 0 Å². The number of rotatable bonds is 6. The molecular formula is C23H21BrO2. The Kier molecular flexibility index (Phi) is 4.98. The molecule has 0 amide bonds. The molecule has 26 heavy (non-hydrogen) atoms. The molecule has 0 N–H and O–H groups in total. The van der Waals surface area contributed by atoms with Gasteiger partial charge in [0, 0.05) is 12.5 Å². The molecule has 0 atom stereocenters. The quantitative estimate of drug-likeness (QED) is 0.518. The van der Waals surface area contributed by atoms with Crippen LogP contribution in [0.5, 0.6) is 11.5 Å². The Hall–Kier alpha value is -2.26. The summed E-state index contributed by atoms with van der Waals surface area (Å²) in [5.41, 5.74) is 6.61. The molecule has 0 saturated carbocycles. The molecular weight excluding hydrogens is 388 g/mol. The monoisotopic (exact) mass is 408 g/mol. The fourth-order valence-electron chi connectivity index (χ4n) is 3.33. The number of ether oxygens (including phenoxy) is 2. The van der Waals surface area contributed by atoms with Gasteiger partial charge in [-0.15, -0.1) is 0 Å². The normalized spacial score (nSPS) is 12.2. The van der Waals surface area contributed by atoms with Crippen LogP contribution >= 0.6 is 15.9 Å². The summed E-state index contributed by atoms with van der Waals surface area (Å²) in [5.74, 6) is 1.66. The van der Waals surface area contributed by atoms with Gasteiger partial charge >= 0.3 is 0 Å². The van der Waals surface area contributed by atoms with E-state index in [0.717, 1.165) is 33.5 Å². The van der Waals surface area contributed by atoms with E-state index in [1.165, 1.54) is 29.5 Å². The molecule has 3 aromatic rings. The predicted octanol–water partition coefficient (Wildman–Crippen LogP) is 5.73. The van der Waals surface area contributed by atoms with Crippen molar-refractivity contribution in [1.29, 1.82) is 0 Å². The third-order valence-electron chi connectivity index (χ3n) is 4.90. The lowest BCUT2D eigenvalue weighted by atomic mass is 9.86. The van der Waals surface area contributed by atoms with Crippen LogP contribution in [0.4, 0.5) is 0 Å². The molecule has 3 heteroatoms. The number of methoxy groups -OCH3 is 1. The minimum absolute atomic E-state index is 0.534. The van der Waals surface area contributed by atoms with Crippen molar-refractivity contribution in [3.63, 3.8) is 0 Å². The Balaban J connectivity index is 1.54. The lowest BCUT2D eigenvalue weighted by Crippen LogP contribution is -2.08. The first-order chi connectivity index (χ1) is 12.7. The van der Waals surface area contributed by atoms with E-state index in [1.807, 2.05) is 24.3 Å². The summed E-state index contributed by atoms with van der Waals surface area (Å²) in [6.45, 7) is 0.534. The molecule has 0 radical (unpaired) electrons. The minimum atomic E-state index is 0.534. The molecule has 0 unspecified atom stereocenters. The highest BCUT2D eigenvalue weighted by Gasteiger charge is 2.15. The maximum Gasteiger partial charge on any atom is 0.137 e. The van der Waals surface area contributed by atoms with Crippen LogP contribution in [0.15, 0.2) is 65.1 Å². The summed E-state index contributed by atoms with van der Waals surface area (Å²) in [4.78, 5) is 0. The first-order valence-electron chi connectivity index (χ1n) is 8.87. The van der Waals surface area contributed by atoms with Gasteiger partial charge in [0.1, 0.15) is 18.1 Å². The summed E-state index contributed by atoms with van der Waals surface area (Å²) in [7, 11) is 1.71. The molecule has 132 valence electrons. The highest BCUT2D eigenvalue weighted by atomic mass is 79.9. The average Bonchev–Trinajstić information content (AvgIpc) is 2.64. The highest BCUT2D eigenvalue weighted by Crippen LogP contribution is 2.35. The maximum absolute atomic E-state index is 5.99. The number of aryl methyl sites for hydroxylation is 2. The lowest BCUT2D eigenvalue weighted by Gasteiger charge is -2.20. The third kappa shape index (κ3) is 3.63. The summed E-state index contributed by atoms with van der Waals surface area (Å²) in [6, 6.07) is 21.1. The topological polar surface area (TPSA) is 18.5 Å². The van der Waals surface area contributed by atoms with Crippen LogP contribution in [0.25, 0.3) is 0 Å². The Morgan fingerprint density at radius 2 is 1.65 bits per heavy atom. The van der Waals surface area contributed by atoms with Crippen molar-refractivity contribution in [1.82, 2.24) is 0 Å². The number of halogens is 1. The Bertz CT molecular complexity index is 919. The van der Waals surface area contributed by atoms with Crippen LogP contribution in [-0.2, 0) is 25.9 Å². The fraction of sp³-hybridized carbons (Fsp3) is 0.217. The molecule has 0 heterocycles. The van der Waals surface area contributed by atoms with Crippen molar-refractivity contribution in [2.24, 2.45) is 0 Å². The summed E-state index contributed by atoms with van der Waals surface area (Å²) < 4.78 is 12.6. The zero-order valence-corrected chi connectivity index (χ0v) is 16.4. The van der Waals surface area contributed by atoms with Crippen LogP contribution in [0.2, 0.25) is 0 Å². The van der Waals surface area contributed by atoms with E-state index < -0.39 is 0 Å². The number of hydrogen-bond acceptors (Lipinski definition) is 2. The maximum atomic E-state index is 5.99. The van der Waals surface area contributed by atoms with E-state index in [2.05, 4.69) is 52.3 Å². The fourth-order valence-corrected chi connectivity index (χ4v) is 3.83. The molecule has 4 rings (SSSR count). The summed E-state index contributed by atoms with van der Waals surface area (Å²) in [6.07, 6.45) is 3.28. The molecule has 0 aromatic heterocycles. The lowest BCUT2D eigenvalue weighted by molar-refractivity contribution is 0.301. The van der Waals surface area contributed by atoms with Gasteiger partial charge in [0.25, 0.3) is 0 Å². The van der Waals surface area contributed by atoms with E-state index in [-0.39, 0.29) is 0 Å². The number of fused-ring (bicyclic) bond motifs is 1. The second kappa shape index (κ2) is 7.55. The largest absolute Gasteiger partial charge is 0.496 e. The molecule has 0 aliphatic heterocycles. The standard InChI is InChI=1S/C23H21BrO2/c1-25-22-14-23(26-15-16-5-3-2-4-6-16)21(24)13-20(22)12-17-7-8-18-9-10-19(18)11-17/h2-8,11,13-14H,9-10,12,15H2,1H3. The SMILES string of the molecule is COc1cc(OCc2ccccc2)c(Br)cc1Cc1ccc2c(c1)CC2. The van der Waals surface area contributed by atoms with Gasteiger partial charge in [0.05, 0.1) is 11.6 Å². The van der Waals surface area contributed by atoms with E-state index in [9.17, 15) is 0 Å². The first kappa shape index (κ1) is 17.2. The smallest absolute Gasteiger partial charge is 0.137 e. The number of benzene rings is 3. The van der Waals surface area contributed by atoms with Crippen molar-refractivity contribution in [3.8, 4) is 11.5 Å². The van der Waals surface area contributed by atoms with Gasteiger partial charge in [-0.3, -0.25) is 0 Å². The van der Waals surface area contributed by atoms with Crippen LogP contribution in [-0.4, -0.2) is 7.11 Å². The second-order valence-corrected chi connectivity index (χ2v) is 7.50. The summed E-state index contributed by atoms with van der Waals surface area (Å²) >= 11 is 3.65. The highest BCUT2D eigenvalue weighted by molar-refractivity contribution is 9.10. The van der Waals surface area contributed by atoms with Gasteiger partial charge < -0.3 is 9.47 Å². The number of hydrogen-bond donors (Lipinski definition) is 0. The third-order valence-corrected chi connectivity index (χ3v) is 5.52. The van der Waals surface area contributed by atoms with Crippen molar-refractivity contribution >= 4 is 15.9 Å². The van der Waals surface area contributed by atoms with Crippen LogP contribution in [0, 0.1) is 0 Å². The molecule has 0 saturated heterocycles. The molecule has 1 aliphatic rings. The van der Waals surface area contributed by atoms with Crippen LogP contribution < -0.4 is 9.47 Å². The van der Waals surface area contributed by atoms with E-state index >= 15 is 0 Å². The molecule has 0 fully saturated rings. The Labute approximate surface area is 162 Å². The van der Waals surface area contributed by atoms with E-state index in [4.69, 9.17) is 9.47 Å². The second-order valence-electron chi connectivity index (χ2n) is 6.65. The zero-order chi connectivity index (χ0) is 17.9. The van der Waals surface area contributed by atoms with Gasteiger partial charge in [-0.05, 0) is 62.7 Å². The Morgan fingerprint density at radius 1 is 0.846 bits per heavy atom. The first-order valence-corrected chi connectivity index (χ1v) is 9.66. The predicted molar refractivity (Wildman–Crippen MR) is 108 cm³/mol. The van der Waals surface area contributed by atoms with E-state index in [0.29, 0.717) is 6.61 Å². The van der Waals surface area contributed by atoms with Crippen molar-refractivity contribution in [2.75, 3.05) is 7.11 Å². The van der Waals surface area contributed by atoms with Crippen molar-refractivity contribution in [3.05, 3.63) is 93.0 Å². The molecule has 0 bridgehead atoms. The van der Waals surface area contributed by atoms with Gasteiger partial charge in [-0.1, -0.05) is 48.5 Å². The van der Waals surface area contributed by atoms with Gasteiger partial charge in [0.2, 0.25) is 0 Å².